The van der Waals surface area contributed by atoms with Crippen LogP contribution in [-0.4, -0.2) is 65.3 Å². The highest BCUT2D eigenvalue weighted by Gasteiger charge is 2.15. The highest BCUT2D eigenvalue weighted by molar-refractivity contribution is 6.05. The number of nitrogen functional groups attached to an aromatic ring is 1. The number of phenolic OH excluding ortho intramolecular Hbond substituents is 4. The third-order valence-corrected chi connectivity index (χ3v) is 10.4. The molecular formula is C53H71BN8O7. The van der Waals surface area contributed by atoms with Gasteiger partial charge in [0.1, 0.15) is 28.5 Å². The van der Waals surface area contributed by atoms with E-state index in [1.54, 1.807) is 69.3 Å². The molecule has 2 radical (unpaired) electrons. The minimum absolute atomic E-state index is 0.0842. The number of anilines is 5. The van der Waals surface area contributed by atoms with Crippen LogP contribution >= 0.6 is 0 Å². The summed E-state index contributed by atoms with van der Waals surface area (Å²) >= 11 is 0. The van der Waals surface area contributed by atoms with Crippen molar-refractivity contribution in [2.45, 2.75) is 83.0 Å². The Morgan fingerprint density at radius 3 is 1.64 bits per heavy atom. The van der Waals surface area contributed by atoms with Crippen LogP contribution in [0.4, 0.5) is 28.4 Å². The van der Waals surface area contributed by atoms with Gasteiger partial charge in [0.15, 0.2) is 22.8 Å². The van der Waals surface area contributed by atoms with Gasteiger partial charge >= 0.3 is 0 Å². The third kappa shape index (κ3) is 16.6. The van der Waals surface area contributed by atoms with Gasteiger partial charge in [0, 0.05) is 94.9 Å². The fourth-order valence-corrected chi connectivity index (χ4v) is 6.48. The third-order valence-electron chi connectivity index (χ3n) is 10.4. The average molecular weight is 943 g/mol. The lowest BCUT2D eigenvalue weighted by Crippen LogP contribution is -2.10. The fourth-order valence-electron chi connectivity index (χ4n) is 6.48. The Morgan fingerprint density at radius 1 is 0.638 bits per heavy atom. The van der Waals surface area contributed by atoms with Crippen molar-refractivity contribution in [1.82, 2.24) is 4.98 Å². The van der Waals surface area contributed by atoms with Crippen LogP contribution in [0.1, 0.15) is 68.0 Å². The fraction of sp³-hybridized carbons (Fsp3) is 0.302. The standard InChI is InChI=1S/C18H21N3O.C9H14N2O2.C9H11NO2.C9H13NO.C7H9NO.CH3B/c1-5-19-13-7-9-15-17(11(13)3)22-18-12(4)14(20-6-2)8-10-16(18)21-15;1-3-11-7-4-5-8(13-10)9(12)6(7)2;1-6-8(10-7(2)11)4-3-5-9(6)12;1-3-10-8-5-4-6-9(11)7(8)2;1-5-6(8)3-2-4-7(5)9;1-2/h7-10,19H,5-6H2,1-4H3;4-5,11-12H,3,10H2,1-2H3;3-5,12H,1-2H3,(H,10,11);4-6,10-11H,3H2,1-2H3;2-4,9H,8H2,1H3;1H3. The average Bonchev–Trinajstić information content (AvgIpc) is 3.33. The molecule has 0 saturated heterocycles. The molecule has 7 rings (SSSR count). The number of aryl methyl sites for hydroxylation is 1. The van der Waals surface area contributed by atoms with E-state index in [1.165, 1.54) is 13.7 Å². The summed E-state index contributed by atoms with van der Waals surface area (Å²) in [6.07, 6.45) is 0. The second-order valence-electron chi connectivity index (χ2n) is 15.2. The Bertz CT molecular complexity index is 2740. The lowest BCUT2D eigenvalue weighted by atomic mass is 10.1. The first-order valence-corrected chi connectivity index (χ1v) is 22.7. The van der Waals surface area contributed by atoms with Crippen LogP contribution in [0, 0.1) is 41.5 Å². The van der Waals surface area contributed by atoms with Gasteiger partial charge in [-0.1, -0.05) is 25.0 Å². The van der Waals surface area contributed by atoms with E-state index in [1.807, 2.05) is 71.0 Å². The Labute approximate surface area is 408 Å². The van der Waals surface area contributed by atoms with Crippen molar-refractivity contribution < 1.29 is 34.5 Å². The molecule has 0 aromatic heterocycles. The molecule has 1 aliphatic carbocycles. The molecule has 1 aliphatic heterocycles. The normalized spacial score (nSPS) is 10.2. The number of nitrogens with zero attached hydrogens (tertiary/aromatic N) is 2. The smallest absolute Gasteiger partial charge is 0.221 e. The molecule has 0 saturated carbocycles. The Morgan fingerprint density at radius 2 is 1.13 bits per heavy atom. The van der Waals surface area contributed by atoms with Crippen molar-refractivity contribution in [3.05, 3.63) is 130 Å². The van der Waals surface area contributed by atoms with E-state index in [4.69, 9.17) is 26.1 Å². The van der Waals surface area contributed by atoms with Gasteiger partial charge in [-0.15, -0.1) is 0 Å². The topological polar surface area (TPSA) is 246 Å². The summed E-state index contributed by atoms with van der Waals surface area (Å²) in [5.41, 5.74) is 17.5. The predicted molar refractivity (Wildman–Crippen MR) is 285 cm³/mol. The molecule has 1 amide bonds. The van der Waals surface area contributed by atoms with E-state index in [-0.39, 0.29) is 23.2 Å². The van der Waals surface area contributed by atoms with Crippen LogP contribution in [0.2, 0.25) is 6.82 Å². The van der Waals surface area contributed by atoms with Gasteiger partial charge in [-0.05, 0) is 142 Å². The molecule has 368 valence electrons. The number of aromatic nitrogens is 1. The number of rotatable bonds is 9. The van der Waals surface area contributed by atoms with Gasteiger partial charge in [0.25, 0.3) is 0 Å². The molecule has 16 heteroatoms. The van der Waals surface area contributed by atoms with Gasteiger partial charge < -0.3 is 56.7 Å². The number of carbonyl (C=O) groups is 1. The molecule has 1 heterocycles. The molecule has 2 aliphatic rings. The molecule has 0 bridgehead atoms. The van der Waals surface area contributed by atoms with Gasteiger partial charge in [0.05, 0.1) is 13.2 Å². The van der Waals surface area contributed by atoms with Crippen molar-refractivity contribution in [2.75, 3.05) is 53.2 Å². The van der Waals surface area contributed by atoms with Crippen LogP contribution in [0.5, 0.6) is 28.7 Å². The van der Waals surface area contributed by atoms with E-state index in [2.05, 4.69) is 58.9 Å². The quantitative estimate of drug-likeness (QED) is 0.0280. The highest BCUT2D eigenvalue weighted by Crippen LogP contribution is 2.34. The summed E-state index contributed by atoms with van der Waals surface area (Å²) in [4.78, 5) is 24.4. The summed E-state index contributed by atoms with van der Waals surface area (Å²) in [5, 5.41) is 50.3. The molecule has 69 heavy (non-hydrogen) atoms. The lowest BCUT2D eigenvalue weighted by Gasteiger charge is -2.13. The van der Waals surface area contributed by atoms with Crippen molar-refractivity contribution >= 4 is 53.3 Å². The molecule has 15 nitrogen and oxygen atoms in total. The number of benzene rings is 6. The van der Waals surface area contributed by atoms with Crippen LogP contribution in [0.25, 0.3) is 22.6 Å². The Hall–Kier alpha value is -7.59. The predicted octanol–water partition coefficient (Wildman–Crippen LogP) is 10.6. The maximum atomic E-state index is 10.7. The number of nitrogens with two attached hydrogens (primary N) is 2. The summed E-state index contributed by atoms with van der Waals surface area (Å²) in [6, 6.07) is 27.1. The van der Waals surface area contributed by atoms with Crippen LogP contribution in [-0.2, 0) is 4.79 Å². The lowest BCUT2D eigenvalue weighted by molar-refractivity contribution is -0.114. The monoisotopic (exact) mass is 943 g/mol. The minimum atomic E-state index is -0.135. The van der Waals surface area contributed by atoms with E-state index < -0.39 is 0 Å². The largest absolute Gasteiger partial charge is 0.508 e. The molecule has 0 atom stereocenters. The van der Waals surface area contributed by atoms with Crippen LogP contribution in [0.15, 0.2) is 100 Å². The minimum Gasteiger partial charge on any atom is -0.508 e. The van der Waals surface area contributed by atoms with E-state index in [0.717, 1.165) is 99.0 Å². The summed E-state index contributed by atoms with van der Waals surface area (Å²) in [6.45, 7) is 25.7. The molecule has 5 aromatic carbocycles. The maximum Gasteiger partial charge on any atom is 0.221 e. The zero-order chi connectivity index (χ0) is 51.8. The summed E-state index contributed by atoms with van der Waals surface area (Å²) in [7, 11) is 4.50. The Kier molecular flexibility index (Phi) is 24.4. The number of hydrogen-bond donors (Lipinski definition) is 10. The number of amides is 1. The van der Waals surface area contributed by atoms with Gasteiger partial charge in [-0.2, -0.15) is 5.90 Å². The van der Waals surface area contributed by atoms with Crippen molar-refractivity contribution in [2.24, 2.45) is 10.9 Å². The van der Waals surface area contributed by atoms with Crippen molar-refractivity contribution in [1.29, 1.82) is 0 Å². The Balaban J connectivity index is 0.000000305. The SMILES string of the molecule is CC(=O)Nc1cccc(O)c1C.CCN=c1ccc2nc3ccc(NCC)c(C)c3oc-2c1C.CCNc1ccc(ON)c(O)c1C.CCNc1cccc(O)c1C.Cc1c(N)cccc1O.[B]C. The van der Waals surface area contributed by atoms with E-state index >= 15 is 0 Å². The van der Waals surface area contributed by atoms with Crippen LogP contribution in [0.3, 0.4) is 0 Å². The molecule has 0 fully saturated rings. The number of carbonyl (C=O) groups excluding carboxylic acids is 1. The van der Waals surface area contributed by atoms with Crippen molar-refractivity contribution in [3.63, 3.8) is 0 Å². The summed E-state index contributed by atoms with van der Waals surface area (Å²) < 4.78 is 6.22. The number of fused-ring (bicyclic) bond motifs is 2. The molecule has 5 aromatic rings. The number of nitrogens with one attached hydrogen (secondary N) is 4. The summed E-state index contributed by atoms with van der Waals surface area (Å²) in [5.74, 6) is 6.83. The highest BCUT2D eigenvalue weighted by atomic mass is 16.6. The zero-order valence-electron chi connectivity index (χ0n) is 42.1. The molecule has 0 unspecified atom stereocenters. The zero-order valence-corrected chi connectivity index (χ0v) is 42.1. The first-order valence-electron chi connectivity index (χ1n) is 22.7. The second-order valence-corrected chi connectivity index (χ2v) is 15.2. The number of aromatic hydroxyl groups is 4. The van der Waals surface area contributed by atoms with Crippen LogP contribution < -0.4 is 43.1 Å². The van der Waals surface area contributed by atoms with Gasteiger partial charge in [-0.25, -0.2) is 4.98 Å². The van der Waals surface area contributed by atoms with Crippen molar-refractivity contribution in [3.8, 4) is 40.2 Å². The molecular weight excluding hydrogens is 871 g/mol. The van der Waals surface area contributed by atoms with Gasteiger partial charge in [0.2, 0.25) is 5.91 Å². The van der Waals surface area contributed by atoms with Gasteiger partial charge in [-0.3, -0.25) is 9.79 Å². The maximum absolute atomic E-state index is 10.7. The second kappa shape index (κ2) is 29.2. The van der Waals surface area contributed by atoms with E-state index in [9.17, 15) is 20.1 Å². The molecule has 0 spiro atoms. The first kappa shape index (κ1) is 57.5. The van der Waals surface area contributed by atoms with E-state index in [0.29, 0.717) is 28.4 Å². The first-order chi connectivity index (χ1) is 32.9. The molecule has 12 N–H and O–H groups in total. The number of hydrogen-bond acceptors (Lipinski definition) is 14. The number of phenols is 4.